The van der Waals surface area contributed by atoms with Gasteiger partial charge in [-0.25, -0.2) is 0 Å². The van der Waals surface area contributed by atoms with Crippen LogP contribution in [0.3, 0.4) is 0 Å². The van der Waals surface area contributed by atoms with Crippen LogP contribution in [0.15, 0.2) is 0 Å². The van der Waals surface area contributed by atoms with Crippen LogP contribution < -0.4 is 28.7 Å². The van der Waals surface area contributed by atoms with E-state index in [1.807, 2.05) is 0 Å². The van der Waals surface area contributed by atoms with Gasteiger partial charge in [-0.1, -0.05) is 0 Å². The van der Waals surface area contributed by atoms with Crippen LogP contribution in [0.4, 0.5) is 0 Å². The number of rotatable bonds is 5. The topological polar surface area (TPSA) is 228 Å². The summed E-state index contributed by atoms with van der Waals surface area (Å²) < 4.78 is 23.1. The zero-order valence-electron chi connectivity index (χ0n) is 17.2. The highest BCUT2D eigenvalue weighted by Gasteiger charge is 2.49. The molecule has 12 heteroatoms. The quantitative estimate of drug-likeness (QED) is 0.205. The molecular formula is C18H37N5O7. The Morgan fingerprint density at radius 1 is 0.833 bits per heavy atom. The van der Waals surface area contributed by atoms with E-state index in [1.54, 1.807) is 6.92 Å². The summed E-state index contributed by atoms with van der Waals surface area (Å²) in [5, 5.41) is 31.2. The standard InChI is InChI=1S/C18H37N5O7/c1-6-13(24)12(23)14(25)18(27-6)30-17-9(22)4-8(21)16(15(17)26)29-11-3-2-7(20)10(5-19)28-11/h6-18,24-26H,2-5,19-23H2,1H3/t6-,7+,8+,9-,10-,11-,12+,13-,14-,15+,16-,17+,18+/m1/s1. The number of aliphatic hydroxyl groups excluding tert-OH is 3. The zero-order valence-corrected chi connectivity index (χ0v) is 17.2. The van der Waals surface area contributed by atoms with Crippen LogP contribution in [0, 0.1) is 0 Å². The van der Waals surface area contributed by atoms with Crippen molar-refractivity contribution in [2.75, 3.05) is 6.54 Å². The van der Waals surface area contributed by atoms with Crippen LogP contribution in [-0.4, -0.2) is 101 Å². The molecule has 3 aliphatic rings. The second kappa shape index (κ2) is 9.98. The third-order valence-electron chi connectivity index (χ3n) is 6.33. The summed E-state index contributed by atoms with van der Waals surface area (Å²) in [6.07, 6.45) is -6.53. The Morgan fingerprint density at radius 2 is 1.47 bits per heavy atom. The van der Waals surface area contributed by atoms with Crippen molar-refractivity contribution in [2.45, 2.75) is 106 Å². The molecule has 0 aromatic rings. The van der Waals surface area contributed by atoms with E-state index >= 15 is 0 Å². The van der Waals surface area contributed by atoms with Gasteiger partial charge < -0.3 is 62.9 Å². The van der Waals surface area contributed by atoms with Gasteiger partial charge in [0.25, 0.3) is 0 Å². The first-order valence-corrected chi connectivity index (χ1v) is 10.5. The summed E-state index contributed by atoms with van der Waals surface area (Å²) in [6, 6.07) is -2.30. The first-order chi connectivity index (χ1) is 14.1. The molecule has 30 heavy (non-hydrogen) atoms. The highest BCUT2D eigenvalue weighted by molar-refractivity contribution is 5.00. The van der Waals surface area contributed by atoms with Crippen molar-refractivity contribution in [1.29, 1.82) is 0 Å². The molecule has 2 heterocycles. The van der Waals surface area contributed by atoms with Crippen LogP contribution in [0.5, 0.6) is 0 Å². The Bertz CT molecular complexity index is 563. The normalized spacial score (nSPS) is 52.9. The van der Waals surface area contributed by atoms with Gasteiger partial charge in [-0.05, 0) is 26.2 Å². The van der Waals surface area contributed by atoms with Crippen LogP contribution in [0.25, 0.3) is 0 Å². The second-order valence-corrected chi connectivity index (χ2v) is 8.60. The SMILES string of the molecule is C[C@H]1O[C@@H](O[C@@H]2[C@@H](O)[C@H](O[C@@H]3CC[C@H](N)[C@@H](CN)O3)[C@@H](N)C[C@H]2N)[C@H](O)[C@@H](N)[C@@H]1O. The van der Waals surface area contributed by atoms with Gasteiger partial charge in [0.2, 0.25) is 0 Å². The van der Waals surface area contributed by atoms with E-state index in [2.05, 4.69) is 0 Å². The van der Waals surface area contributed by atoms with Gasteiger partial charge >= 0.3 is 0 Å². The molecule has 0 aromatic heterocycles. The molecular weight excluding hydrogens is 398 g/mol. The van der Waals surface area contributed by atoms with Crippen LogP contribution in [-0.2, 0) is 18.9 Å². The van der Waals surface area contributed by atoms with Gasteiger partial charge in [-0.2, -0.15) is 0 Å². The summed E-state index contributed by atoms with van der Waals surface area (Å²) >= 11 is 0. The van der Waals surface area contributed by atoms with Gasteiger partial charge in [-0.3, -0.25) is 0 Å². The molecule has 1 aliphatic carbocycles. The van der Waals surface area contributed by atoms with E-state index in [0.717, 1.165) is 0 Å². The van der Waals surface area contributed by atoms with Gasteiger partial charge in [0.15, 0.2) is 12.6 Å². The van der Waals surface area contributed by atoms with Crippen molar-refractivity contribution in [3.05, 3.63) is 0 Å². The number of hydrogen-bond acceptors (Lipinski definition) is 12. The molecule has 3 fully saturated rings. The third-order valence-corrected chi connectivity index (χ3v) is 6.33. The van der Waals surface area contributed by atoms with E-state index in [4.69, 9.17) is 47.6 Å². The molecule has 13 atom stereocenters. The minimum Gasteiger partial charge on any atom is -0.389 e. The summed E-state index contributed by atoms with van der Waals surface area (Å²) in [6.45, 7) is 1.88. The van der Waals surface area contributed by atoms with Crippen molar-refractivity contribution in [2.24, 2.45) is 28.7 Å². The predicted molar refractivity (Wildman–Crippen MR) is 106 cm³/mol. The van der Waals surface area contributed by atoms with Crippen molar-refractivity contribution in [1.82, 2.24) is 0 Å². The maximum absolute atomic E-state index is 10.9. The minimum absolute atomic E-state index is 0.171. The molecule has 0 spiro atoms. The summed E-state index contributed by atoms with van der Waals surface area (Å²) in [7, 11) is 0. The summed E-state index contributed by atoms with van der Waals surface area (Å²) in [5.41, 5.74) is 29.9. The highest BCUT2D eigenvalue weighted by Crippen LogP contribution is 2.30. The number of hydrogen-bond donors (Lipinski definition) is 8. The Balaban J connectivity index is 1.66. The van der Waals surface area contributed by atoms with E-state index in [1.165, 1.54) is 0 Å². The molecule has 1 saturated carbocycles. The van der Waals surface area contributed by atoms with E-state index in [9.17, 15) is 15.3 Å². The molecule has 12 nitrogen and oxygen atoms in total. The lowest BCUT2D eigenvalue weighted by Crippen LogP contribution is -2.67. The molecule has 2 aliphatic heterocycles. The molecule has 0 amide bonds. The largest absolute Gasteiger partial charge is 0.389 e. The second-order valence-electron chi connectivity index (χ2n) is 8.60. The minimum atomic E-state index is -1.29. The van der Waals surface area contributed by atoms with E-state index < -0.39 is 67.3 Å². The maximum Gasteiger partial charge on any atom is 0.186 e. The Hall–Kier alpha value is -0.480. The molecule has 3 rings (SSSR count). The molecule has 0 unspecified atom stereocenters. The first kappa shape index (κ1) is 24.2. The average molecular weight is 436 g/mol. The third kappa shape index (κ3) is 4.95. The fourth-order valence-corrected chi connectivity index (χ4v) is 4.36. The molecule has 2 saturated heterocycles. The lowest BCUT2D eigenvalue weighted by Gasteiger charge is -2.47. The van der Waals surface area contributed by atoms with E-state index in [0.29, 0.717) is 19.3 Å². The molecule has 0 aromatic carbocycles. The maximum atomic E-state index is 10.9. The monoisotopic (exact) mass is 435 g/mol. The lowest BCUT2D eigenvalue weighted by atomic mass is 9.84. The molecule has 0 radical (unpaired) electrons. The zero-order chi connectivity index (χ0) is 22.2. The fourth-order valence-electron chi connectivity index (χ4n) is 4.36. The van der Waals surface area contributed by atoms with Crippen LogP contribution in [0.2, 0.25) is 0 Å². The van der Waals surface area contributed by atoms with Crippen molar-refractivity contribution in [3.63, 3.8) is 0 Å². The summed E-state index contributed by atoms with van der Waals surface area (Å²) in [4.78, 5) is 0. The van der Waals surface area contributed by atoms with Crippen LogP contribution >= 0.6 is 0 Å². The predicted octanol–water partition coefficient (Wildman–Crippen LogP) is -4.24. The number of nitrogens with two attached hydrogens (primary N) is 5. The van der Waals surface area contributed by atoms with Crippen molar-refractivity contribution >= 4 is 0 Å². The number of aliphatic hydroxyl groups is 3. The highest BCUT2D eigenvalue weighted by atomic mass is 16.7. The number of ether oxygens (including phenoxy) is 4. The first-order valence-electron chi connectivity index (χ1n) is 10.5. The van der Waals surface area contributed by atoms with Gasteiger partial charge in [0.1, 0.15) is 24.4 Å². The van der Waals surface area contributed by atoms with Gasteiger partial charge in [0, 0.05) is 24.7 Å². The molecule has 176 valence electrons. The van der Waals surface area contributed by atoms with Crippen molar-refractivity contribution < 1.29 is 34.3 Å². The summed E-state index contributed by atoms with van der Waals surface area (Å²) in [5.74, 6) is 0. The Morgan fingerprint density at radius 3 is 2.10 bits per heavy atom. The molecule has 13 N–H and O–H groups in total. The van der Waals surface area contributed by atoms with E-state index in [-0.39, 0.29) is 18.7 Å². The van der Waals surface area contributed by atoms with Crippen molar-refractivity contribution in [3.8, 4) is 0 Å². The van der Waals surface area contributed by atoms with Crippen LogP contribution in [0.1, 0.15) is 26.2 Å². The van der Waals surface area contributed by atoms with Gasteiger partial charge in [0.05, 0.1) is 24.4 Å². The lowest BCUT2D eigenvalue weighted by molar-refractivity contribution is -0.307. The average Bonchev–Trinajstić information content (AvgIpc) is 2.71. The van der Waals surface area contributed by atoms with Gasteiger partial charge in [-0.15, -0.1) is 0 Å². The molecule has 0 bridgehead atoms. The fraction of sp³-hybridized carbons (Fsp3) is 1.00. The smallest absolute Gasteiger partial charge is 0.186 e. The Kier molecular flexibility index (Phi) is 8.04. The Labute approximate surface area is 175 Å².